The van der Waals surface area contributed by atoms with Crippen LogP contribution in [0, 0.1) is 0 Å². The molecule has 3 rings (SSSR count). The molecule has 1 aliphatic rings. The molecule has 0 amide bonds. The first-order chi connectivity index (χ1) is 9.31. The fourth-order valence-corrected chi connectivity index (χ4v) is 2.92. The number of hydrogen-bond acceptors (Lipinski definition) is 6. The standard InChI is InChI=1S/C13H16N4OS/c14-12-7-10(1-2-15-12)8-17-4-5-18-11(9-17)13-16-3-6-19-13/h1-3,6-7,11H,4-5,8-9H2,(H2,14,15)/t11-/m0/s1. The van der Waals surface area contributed by atoms with Gasteiger partial charge in [-0.15, -0.1) is 11.3 Å². The first-order valence-corrected chi connectivity index (χ1v) is 7.13. The summed E-state index contributed by atoms with van der Waals surface area (Å²) in [5.41, 5.74) is 6.89. The number of morpholine rings is 1. The highest BCUT2D eigenvalue weighted by molar-refractivity contribution is 7.09. The first-order valence-electron chi connectivity index (χ1n) is 6.25. The summed E-state index contributed by atoms with van der Waals surface area (Å²) >= 11 is 1.65. The monoisotopic (exact) mass is 276 g/mol. The van der Waals surface area contributed by atoms with Crippen molar-refractivity contribution in [3.8, 4) is 0 Å². The van der Waals surface area contributed by atoms with E-state index in [1.54, 1.807) is 17.5 Å². The van der Waals surface area contributed by atoms with Crippen molar-refractivity contribution < 1.29 is 4.74 Å². The first kappa shape index (κ1) is 12.5. The molecule has 6 heteroatoms. The van der Waals surface area contributed by atoms with Crippen LogP contribution < -0.4 is 5.73 Å². The van der Waals surface area contributed by atoms with E-state index in [4.69, 9.17) is 10.5 Å². The predicted octanol–water partition coefficient (Wildman–Crippen LogP) is 1.69. The van der Waals surface area contributed by atoms with Crippen LogP contribution in [-0.2, 0) is 11.3 Å². The lowest BCUT2D eigenvalue weighted by molar-refractivity contribution is -0.0330. The molecule has 0 aliphatic carbocycles. The van der Waals surface area contributed by atoms with E-state index in [0.29, 0.717) is 5.82 Å². The molecule has 0 saturated carbocycles. The Kier molecular flexibility index (Phi) is 3.72. The summed E-state index contributed by atoms with van der Waals surface area (Å²) in [6.07, 6.45) is 3.67. The van der Waals surface area contributed by atoms with Gasteiger partial charge in [0.05, 0.1) is 6.61 Å². The van der Waals surface area contributed by atoms with Gasteiger partial charge >= 0.3 is 0 Å². The summed E-state index contributed by atoms with van der Waals surface area (Å²) in [7, 11) is 0. The van der Waals surface area contributed by atoms with E-state index in [0.717, 1.165) is 31.2 Å². The van der Waals surface area contributed by atoms with Crippen LogP contribution in [0.25, 0.3) is 0 Å². The van der Waals surface area contributed by atoms with E-state index >= 15 is 0 Å². The fraction of sp³-hybridized carbons (Fsp3) is 0.385. The van der Waals surface area contributed by atoms with Gasteiger partial charge < -0.3 is 10.5 Å². The van der Waals surface area contributed by atoms with Gasteiger partial charge in [-0.2, -0.15) is 0 Å². The number of thiazole rings is 1. The van der Waals surface area contributed by atoms with Crippen LogP contribution in [0.1, 0.15) is 16.7 Å². The maximum absolute atomic E-state index is 5.78. The van der Waals surface area contributed by atoms with E-state index in [1.165, 1.54) is 5.56 Å². The van der Waals surface area contributed by atoms with Gasteiger partial charge in [0.15, 0.2) is 0 Å². The maximum atomic E-state index is 5.78. The second-order valence-corrected chi connectivity index (χ2v) is 5.48. The van der Waals surface area contributed by atoms with Gasteiger partial charge in [0.2, 0.25) is 0 Å². The smallest absolute Gasteiger partial charge is 0.123 e. The Labute approximate surface area is 116 Å². The molecular weight excluding hydrogens is 260 g/mol. The lowest BCUT2D eigenvalue weighted by Crippen LogP contribution is -2.37. The van der Waals surface area contributed by atoms with Crippen LogP contribution >= 0.6 is 11.3 Å². The molecule has 0 aromatic carbocycles. The minimum Gasteiger partial charge on any atom is -0.384 e. The Morgan fingerprint density at radius 3 is 3.16 bits per heavy atom. The Hall–Kier alpha value is -1.50. The van der Waals surface area contributed by atoms with Crippen LogP contribution in [-0.4, -0.2) is 34.6 Å². The minimum absolute atomic E-state index is 0.0907. The summed E-state index contributed by atoms with van der Waals surface area (Å²) in [6, 6.07) is 3.93. The summed E-state index contributed by atoms with van der Waals surface area (Å²) in [5.74, 6) is 0.572. The summed E-state index contributed by atoms with van der Waals surface area (Å²) in [6.45, 7) is 3.42. The second-order valence-electron chi connectivity index (χ2n) is 4.55. The molecule has 2 aromatic heterocycles. The fourth-order valence-electron chi connectivity index (χ4n) is 2.24. The van der Waals surface area contributed by atoms with Crippen molar-refractivity contribution >= 4 is 17.2 Å². The number of pyridine rings is 1. The van der Waals surface area contributed by atoms with Gasteiger partial charge in [-0.05, 0) is 17.7 Å². The largest absolute Gasteiger partial charge is 0.384 e. The average Bonchev–Trinajstić information content (AvgIpc) is 2.93. The SMILES string of the molecule is Nc1cc(CN2CCO[C@H](c3nccs3)C2)ccn1. The van der Waals surface area contributed by atoms with Crippen molar-refractivity contribution in [1.29, 1.82) is 0 Å². The van der Waals surface area contributed by atoms with Gasteiger partial charge in [-0.3, -0.25) is 4.90 Å². The zero-order valence-corrected chi connectivity index (χ0v) is 11.3. The highest BCUT2D eigenvalue weighted by Crippen LogP contribution is 2.24. The summed E-state index contributed by atoms with van der Waals surface area (Å²) in [4.78, 5) is 10.7. The number of nitrogens with zero attached hydrogens (tertiary/aromatic N) is 3. The second kappa shape index (κ2) is 5.64. The Morgan fingerprint density at radius 2 is 2.37 bits per heavy atom. The topological polar surface area (TPSA) is 64.3 Å². The molecule has 0 spiro atoms. The quantitative estimate of drug-likeness (QED) is 0.924. The molecule has 2 N–H and O–H groups in total. The van der Waals surface area contributed by atoms with E-state index in [1.807, 2.05) is 23.7 Å². The normalized spacial score (nSPS) is 20.5. The highest BCUT2D eigenvalue weighted by atomic mass is 32.1. The molecular formula is C13H16N4OS. The Balaban J connectivity index is 1.65. The third kappa shape index (κ3) is 3.09. The van der Waals surface area contributed by atoms with E-state index in [2.05, 4.69) is 14.9 Å². The summed E-state index contributed by atoms with van der Waals surface area (Å²) < 4.78 is 5.78. The molecule has 1 atom stereocenters. The molecule has 100 valence electrons. The number of aromatic nitrogens is 2. The number of nitrogen functional groups attached to an aromatic ring is 1. The van der Waals surface area contributed by atoms with Crippen molar-refractivity contribution in [2.45, 2.75) is 12.6 Å². The zero-order chi connectivity index (χ0) is 13.1. The molecule has 2 aromatic rings. The molecule has 19 heavy (non-hydrogen) atoms. The Bertz CT molecular complexity index is 531. The van der Waals surface area contributed by atoms with Crippen LogP contribution in [0.2, 0.25) is 0 Å². The van der Waals surface area contributed by atoms with Gasteiger partial charge in [-0.1, -0.05) is 0 Å². The van der Waals surface area contributed by atoms with Crippen LogP contribution in [0.3, 0.4) is 0 Å². The molecule has 5 nitrogen and oxygen atoms in total. The number of hydrogen-bond donors (Lipinski definition) is 1. The number of anilines is 1. The van der Waals surface area contributed by atoms with Crippen molar-refractivity contribution in [2.75, 3.05) is 25.4 Å². The number of nitrogens with two attached hydrogens (primary N) is 1. The molecule has 1 aliphatic heterocycles. The van der Waals surface area contributed by atoms with Gasteiger partial charge in [-0.25, -0.2) is 9.97 Å². The van der Waals surface area contributed by atoms with Crippen molar-refractivity contribution in [2.24, 2.45) is 0 Å². The maximum Gasteiger partial charge on any atom is 0.123 e. The van der Waals surface area contributed by atoms with Crippen LogP contribution in [0.15, 0.2) is 29.9 Å². The molecule has 1 saturated heterocycles. The average molecular weight is 276 g/mol. The van der Waals surface area contributed by atoms with Gasteiger partial charge in [0.25, 0.3) is 0 Å². The lowest BCUT2D eigenvalue weighted by atomic mass is 10.2. The molecule has 1 fully saturated rings. The van der Waals surface area contributed by atoms with Crippen LogP contribution in [0.4, 0.5) is 5.82 Å². The molecule has 0 unspecified atom stereocenters. The third-order valence-corrected chi connectivity index (χ3v) is 4.00. The van der Waals surface area contributed by atoms with Crippen LogP contribution in [0.5, 0.6) is 0 Å². The minimum atomic E-state index is 0.0907. The lowest BCUT2D eigenvalue weighted by Gasteiger charge is -2.31. The third-order valence-electron chi connectivity index (χ3n) is 3.13. The Morgan fingerprint density at radius 1 is 1.42 bits per heavy atom. The van der Waals surface area contributed by atoms with Gasteiger partial charge in [0.1, 0.15) is 16.9 Å². The predicted molar refractivity (Wildman–Crippen MR) is 74.7 cm³/mol. The number of ether oxygens (including phenoxy) is 1. The number of rotatable bonds is 3. The van der Waals surface area contributed by atoms with E-state index in [-0.39, 0.29) is 6.10 Å². The molecule has 0 bridgehead atoms. The summed E-state index contributed by atoms with van der Waals surface area (Å²) in [5, 5.41) is 3.04. The molecule has 3 heterocycles. The van der Waals surface area contributed by atoms with Gasteiger partial charge in [0, 0.05) is 37.4 Å². The van der Waals surface area contributed by atoms with E-state index in [9.17, 15) is 0 Å². The zero-order valence-electron chi connectivity index (χ0n) is 10.5. The van der Waals surface area contributed by atoms with E-state index < -0.39 is 0 Å². The van der Waals surface area contributed by atoms with Crippen molar-refractivity contribution in [3.63, 3.8) is 0 Å². The van der Waals surface area contributed by atoms with Crippen molar-refractivity contribution in [1.82, 2.24) is 14.9 Å². The van der Waals surface area contributed by atoms with Crippen molar-refractivity contribution in [3.05, 3.63) is 40.5 Å². The highest BCUT2D eigenvalue weighted by Gasteiger charge is 2.23. The molecule has 0 radical (unpaired) electrons.